The molecule has 0 unspecified atom stereocenters. The van der Waals surface area contributed by atoms with Crippen LogP contribution in [0.4, 0.5) is 20.3 Å². The fourth-order valence-corrected chi connectivity index (χ4v) is 7.80. The van der Waals surface area contributed by atoms with E-state index in [0.717, 1.165) is 61.5 Å². The molecule has 0 aliphatic heterocycles. The van der Waals surface area contributed by atoms with Crippen molar-refractivity contribution in [3.05, 3.63) is 63.8 Å². The number of halogens is 5. The second-order valence-corrected chi connectivity index (χ2v) is 14.4. The van der Waals surface area contributed by atoms with Gasteiger partial charge in [0.05, 0.1) is 34.8 Å². The standard InChI is InChI=1S/C31H35Cl3F2N6O3S/c1-17(2)42-30-22(18-3-6-20(7-4-18)38-10-12-45-11-9-32)16-39-31(37)28(30)29(40-42)21-14-25(36)26(15-24(21)35)41-46(43,44)27-13-19(33)5-8-23(27)34/h5,8,13-18,20,38,41H,3-4,6-7,9-12H2,1-2H3,(H2,37,39). The van der Waals surface area contributed by atoms with Gasteiger partial charge in [-0.05, 0) is 75.3 Å². The van der Waals surface area contributed by atoms with E-state index in [0.29, 0.717) is 30.5 Å². The molecule has 0 radical (unpaired) electrons. The molecular weight excluding hydrogens is 681 g/mol. The number of rotatable bonds is 12. The van der Waals surface area contributed by atoms with Crippen LogP contribution in [-0.4, -0.2) is 54.9 Å². The van der Waals surface area contributed by atoms with Crippen LogP contribution in [-0.2, 0) is 14.8 Å². The van der Waals surface area contributed by atoms with Crippen LogP contribution in [0.2, 0.25) is 10.0 Å². The molecule has 0 saturated heterocycles. The summed E-state index contributed by atoms with van der Waals surface area (Å²) in [4.78, 5) is 4.08. The van der Waals surface area contributed by atoms with Gasteiger partial charge < -0.3 is 15.8 Å². The van der Waals surface area contributed by atoms with E-state index in [9.17, 15) is 8.42 Å². The number of ether oxygens (including phenoxy) is 1. The lowest BCUT2D eigenvalue weighted by atomic mass is 9.81. The van der Waals surface area contributed by atoms with Crippen LogP contribution in [0.25, 0.3) is 22.2 Å². The van der Waals surface area contributed by atoms with Crippen LogP contribution in [0.1, 0.15) is 57.1 Å². The van der Waals surface area contributed by atoms with Crippen molar-refractivity contribution < 1.29 is 21.9 Å². The zero-order valence-corrected chi connectivity index (χ0v) is 28.4. The number of pyridine rings is 1. The maximum Gasteiger partial charge on any atom is 0.263 e. The molecule has 0 bridgehead atoms. The molecule has 46 heavy (non-hydrogen) atoms. The van der Waals surface area contributed by atoms with Crippen molar-refractivity contribution >= 4 is 67.2 Å². The first kappa shape index (κ1) is 34.6. The van der Waals surface area contributed by atoms with Crippen molar-refractivity contribution in [3.63, 3.8) is 0 Å². The van der Waals surface area contributed by atoms with E-state index < -0.39 is 27.3 Å². The first-order valence-corrected chi connectivity index (χ1v) is 17.7. The normalized spacial score (nSPS) is 17.2. The SMILES string of the molecule is CC(C)n1nc(-c2cc(F)c(NS(=O)(=O)c3cc(Cl)ccc3Cl)cc2F)c2c(N)ncc(C3CCC(NCCOCCCl)CC3)c21. The molecule has 15 heteroatoms. The van der Waals surface area contributed by atoms with Gasteiger partial charge in [0.25, 0.3) is 10.0 Å². The van der Waals surface area contributed by atoms with Gasteiger partial charge in [-0.1, -0.05) is 23.2 Å². The van der Waals surface area contributed by atoms with E-state index in [1.165, 1.54) is 12.1 Å². The van der Waals surface area contributed by atoms with E-state index in [1.807, 2.05) is 13.8 Å². The van der Waals surface area contributed by atoms with Crippen LogP contribution in [0.5, 0.6) is 0 Å². The number of benzene rings is 2. The minimum Gasteiger partial charge on any atom is -0.383 e. The number of nitrogens with zero attached hydrogens (tertiary/aromatic N) is 3. The Morgan fingerprint density at radius 1 is 1.09 bits per heavy atom. The van der Waals surface area contributed by atoms with Gasteiger partial charge in [-0.15, -0.1) is 11.6 Å². The van der Waals surface area contributed by atoms with Gasteiger partial charge >= 0.3 is 0 Å². The molecule has 4 aromatic rings. The summed E-state index contributed by atoms with van der Waals surface area (Å²) >= 11 is 17.6. The maximum atomic E-state index is 15.8. The molecular formula is C31H35Cl3F2N6O3S. The van der Waals surface area contributed by atoms with Crippen molar-refractivity contribution in [1.29, 1.82) is 0 Å². The van der Waals surface area contributed by atoms with Gasteiger partial charge in [0.15, 0.2) is 0 Å². The Kier molecular flexibility index (Phi) is 11.0. The van der Waals surface area contributed by atoms with Crippen LogP contribution in [0.15, 0.2) is 41.4 Å². The molecule has 9 nitrogen and oxygen atoms in total. The van der Waals surface area contributed by atoms with E-state index in [4.69, 9.17) is 50.4 Å². The van der Waals surface area contributed by atoms with Gasteiger partial charge in [0.1, 0.15) is 28.0 Å². The average Bonchev–Trinajstić information content (AvgIpc) is 3.42. The molecule has 2 aromatic carbocycles. The summed E-state index contributed by atoms with van der Waals surface area (Å²) < 4.78 is 66.6. The summed E-state index contributed by atoms with van der Waals surface area (Å²) in [6.07, 6.45) is 5.46. The third kappa shape index (κ3) is 7.37. The van der Waals surface area contributed by atoms with Gasteiger partial charge in [0, 0.05) is 47.4 Å². The number of hydrogen-bond acceptors (Lipinski definition) is 7. The van der Waals surface area contributed by atoms with Gasteiger partial charge in [-0.25, -0.2) is 22.2 Å². The molecule has 1 saturated carbocycles. The molecule has 1 fully saturated rings. The Bertz CT molecular complexity index is 1830. The Morgan fingerprint density at radius 2 is 1.83 bits per heavy atom. The fraction of sp³-hybridized carbons (Fsp3) is 0.419. The Morgan fingerprint density at radius 3 is 2.52 bits per heavy atom. The molecule has 5 rings (SSSR count). The molecule has 4 N–H and O–H groups in total. The number of hydrogen-bond donors (Lipinski definition) is 3. The minimum absolute atomic E-state index is 0.110. The number of nitrogens with two attached hydrogens (primary N) is 1. The second kappa shape index (κ2) is 14.6. The summed E-state index contributed by atoms with van der Waals surface area (Å²) in [7, 11) is -4.40. The highest BCUT2D eigenvalue weighted by Crippen LogP contribution is 2.42. The van der Waals surface area contributed by atoms with E-state index >= 15 is 8.78 Å². The van der Waals surface area contributed by atoms with Crippen LogP contribution >= 0.6 is 34.8 Å². The topological polar surface area (TPSA) is 124 Å². The third-order valence-electron chi connectivity index (χ3n) is 8.08. The smallest absolute Gasteiger partial charge is 0.263 e. The zero-order chi connectivity index (χ0) is 33.2. The summed E-state index contributed by atoms with van der Waals surface area (Å²) in [6.45, 7) is 5.77. The van der Waals surface area contributed by atoms with Crippen LogP contribution in [0.3, 0.4) is 0 Å². The Balaban J connectivity index is 1.46. The summed E-state index contributed by atoms with van der Waals surface area (Å²) in [5.74, 6) is -1.16. The minimum atomic E-state index is -4.40. The number of fused-ring (bicyclic) bond motifs is 1. The highest BCUT2D eigenvalue weighted by molar-refractivity contribution is 7.92. The number of aromatic nitrogens is 3. The molecule has 0 amide bonds. The van der Waals surface area contributed by atoms with Gasteiger partial charge in [0.2, 0.25) is 0 Å². The first-order valence-electron chi connectivity index (χ1n) is 14.9. The zero-order valence-electron chi connectivity index (χ0n) is 25.3. The molecule has 248 valence electrons. The predicted octanol–water partition coefficient (Wildman–Crippen LogP) is 7.52. The Labute approximate surface area is 281 Å². The lowest BCUT2D eigenvalue weighted by Crippen LogP contribution is -2.35. The number of nitrogen functional groups attached to an aromatic ring is 1. The Hall–Kier alpha value is -2.74. The number of alkyl halides is 1. The molecule has 1 aliphatic carbocycles. The van der Waals surface area contributed by atoms with Crippen LogP contribution < -0.4 is 15.8 Å². The van der Waals surface area contributed by atoms with Crippen molar-refractivity contribution in [3.8, 4) is 11.3 Å². The third-order valence-corrected chi connectivity index (χ3v) is 10.3. The number of anilines is 2. The second-order valence-electron chi connectivity index (χ2n) is 11.5. The summed E-state index contributed by atoms with van der Waals surface area (Å²) in [6, 6.07) is 5.73. The molecule has 2 heterocycles. The quantitative estimate of drug-likeness (QED) is 0.102. The monoisotopic (exact) mass is 714 g/mol. The van der Waals surface area contributed by atoms with Crippen molar-refractivity contribution in [2.24, 2.45) is 0 Å². The maximum absolute atomic E-state index is 15.8. The summed E-state index contributed by atoms with van der Waals surface area (Å²) in [5, 5.41) is 8.66. The first-order chi connectivity index (χ1) is 21.9. The van der Waals surface area contributed by atoms with E-state index in [1.54, 1.807) is 10.9 Å². The molecule has 0 spiro atoms. The molecule has 1 aliphatic rings. The largest absolute Gasteiger partial charge is 0.383 e. The fourth-order valence-electron chi connectivity index (χ4n) is 5.87. The van der Waals surface area contributed by atoms with E-state index in [-0.39, 0.29) is 44.0 Å². The van der Waals surface area contributed by atoms with Crippen molar-refractivity contribution in [2.75, 3.05) is 36.1 Å². The van der Waals surface area contributed by atoms with Crippen molar-refractivity contribution in [1.82, 2.24) is 20.1 Å². The highest BCUT2D eigenvalue weighted by atomic mass is 35.5. The predicted molar refractivity (Wildman–Crippen MR) is 179 cm³/mol. The molecule has 2 aromatic heterocycles. The highest BCUT2D eigenvalue weighted by Gasteiger charge is 2.30. The number of nitrogens with one attached hydrogen (secondary N) is 2. The number of sulfonamides is 1. The van der Waals surface area contributed by atoms with Gasteiger partial charge in [-0.3, -0.25) is 9.40 Å². The summed E-state index contributed by atoms with van der Waals surface area (Å²) in [5.41, 5.74) is 7.39. The molecule has 0 atom stereocenters. The van der Waals surface area contributed by atoms with E-state index in [2.05, 4.69) is 15.0 Å². The van der Waals surface area contributed by atoms with Gasteiger partial charge in [-0.2, -0.15) is 5.10 Å². The van der Waals surface area contributed by atoms with Crippen LogP contribution in [0, 0.1) is 11.6 Å². The van der Waals surface area contributed by atoms with Crippen molar-refractivity contribution in [2.45, 2.75) is 62.4 Å². The lowest BCUT2D eigenvalue weighted by Gasteiger charge is -2.30. The average molecular weight is 716 g/mol. The lowest BCUT2D eigenvalue weighted by molar-refractivity contribution is 0.146.